The summed E-state index contributed by atoms with van der Waals surface area (Å²) in [4.78, 5) is 33.2. The van der Waals surface area contributed by atoms with E-state index in [1.807, 2.05) is 56.6 Å². The lowest BCUT2D eigenvalue weighted by atomic mass is 9.84. The van der Waals surface area contributed by atoms with Crippen molar-refractivity contribution in [1.29, 1.82) is 0 Å². The Kier molecular flexibility index (Phi) is 7.07. The van der Waals surface area contributed by atoms with E-state index in [2.05, 4.69) is 10.3 Å². The molecule has 0 aliphatic carbocycles. The van der Waals surface area contributed by atoms with Crippen molar-refractivity contribution < 1.29 is 14.3 Å². The van der Waals surface area contributed by atoms with Crippen LogP contribution in [0.2, 0.25) is 5.02 Å². The summed E-state index contributed by atoms with van der Waals surface area (Å²) in [6, 6.07) is 16.5. The number of ether oxygens (including phenoxy) is 1. The Morgan fingerprint density at radius 2 is 1.56 bits per heavy atom. The van der Waals surface area contributed by atoms with Gasteiger partial charge in [0.25, 0.3) is 0 Å². The Hall–Kier alpha value is -3.32. The third kappa shape index (κ3) is 5.42. The number of rotatable bonds is 6. The second kappa shape index (κ2) is 9.50. The third-order valence-corrected chi connectivity index (χ3v) is 5.48. The van der Waals surface area contributed by atoms with Crippen LogP contribution >= 0.6 is 11.6 Å². The van der Waals surface area contributed by atoms with Crippen LogP contribution in [0.15, 0.2) is 54.6 Å². The number of hydrogen-bond acceptors (Lipinski definition) is 5. The van der Waals surface area contributed by atoms with Crippen molar-refractivity contribution in [2.75, 3.05) is 24.3 Å². The Bertz CT molecular complexity index is 1180. The molecule has 0 spiro atoms. The van der Waals surface area contributed by atoms with E-state index in [0.717, 1.165) is 11.3 Å². The van der Waals surface area contributed by atoms with Gasteiger partial charge in [-0.05, 0) is 64.4 Å². The molecule has 3 aromatic rings. The second-order valence-corrected chi connectivity index (χ2v) is 10.2. The number of benzene rings is 2. The molecule has 8 heteroatoms. The van der Waals surface area contributed by atoms with Gasteiger partial charge in [-0.25, -0.2) is 4.79 Å². The number of para-hydroxylation sites is 1. The summed E-state index contributed by atoms with van der Waals surface area (Å²) < 4.78 is 7.39. The van der Waals surface area contributed by atoms with E-state index >= 15 is 0 Å². The summed E-state index contributed by atoms with van der Waals surface area (Å²) in [6.45, 7) is 8.99. The van der Waals surface area contributed by atoms with Crippen LogP contribution in [0.5, 0.6) is 0 Å². The van der Waals surface area contributed by atoms with Gasteiger partial charge < -0.3 is 15.0 Å². The van der Waals surface area contributed by atoms with Gasteiger partial charge in [0.2, 0.25) is 11.9 Å². The zero-order chi connectivity index (χ0) is 25.3. The molecule has 1 amide bonds. The molecule has 1 N–H and O–H groups in total. The van der Waals surface area contributed by atoms with Crippen molar-refractivity contribution in [2.24, 2.45) is 0 Å². The van der Waals surface area contributed by atoms with E-state index in [9.17, 15) is 9.59 Å². The first-order valence-electron chi connectivity index (χ1n) is 11.0. The normalized spacial score (nSPS) is 11.8. The SMILES string of the molecule is CN(C)c1nc(NC(=O)C(C)(C)c2ccc(Cl)cc2)c(C(=O)OC(C)(C)C)n1-c1ccccc1. The Labute approximate surface area is 205 Å². The number of amides is 1. The number of carbonyl (C=O) groups is 2. The first kappa shape index (κ1) is 25.3. The van der Waals surface area contributed by atoms with Crippen LogP contribution in [0.4, 0.5) is 11.8 Å². The highest BCUT2D eigenvalue weighted by Crippen LogP contribution is 2.32. The van der Waals surface area contributed by atoms with Gasteiger partial charge in [0, 0.05) is 24.8 Å². The monoisotopic (exact) mass is 482 g/mol. The lowest BCUT2D eigenvalue weighted by molar-refractivity contribution is -0.120. The van der Waals surface area contributed by atoms with Gasteiger partial charge in [0.1, 0.15) is 5.60 Å². The minimum atomic E-state index is -0.912. The van der Waals surface area contributed by atoms with Gasteiger partial charge in [-0.3, -0.25) is 9.36 Å². The summed E-state index contributed by atoms with van der Waals surface area (Å²) in [7, 11) is 3.65. The van der Waals surface area contributed by atoms with Crippen molar-refractivity contribution in [3.63, 3.8) is 0 Å². The fourth-order valence-electron chi connectivity index (χ4n) is 3.39. The Morgan fingerprint density at radius 3 is 2.09 bits per heavy atom. The van der Waals surface area contributed by atoms with E-state index in [-0.39, 0.29) is 17.4 Å². The fourth-order valence-corrected chi connectivity index (χ4v) is 3.52. The number of hydrogen-bond donors (Lipinski definition) is 1. The van der Waals surface area contributed by atoms with E-state index < -0.39 is 17.0 Å². The maximum atomic E-state index is 13.4. The smallest absolute Gasteiger partial charge is 0.359 e. The molecule has 0 aliphatic heterocycles. The number of esters is 1. The molecule has 180 valence electrons. The van der Waals surface area contributed by atoms with Crippen LogP contribution in [0.25, 0.3) is 5.69 Å². The fraction of sp³-hybridized carbons (Fsp3) is 0.346. The summed E-state index contributed by atoms with van der Waals surface area (Å²) >= 11 is 6.02. The summed E-state index contributed by atoms with van der Waals surface area (Å²) in [6.07, 6.45) is 0. The van der Waals surface area contributed by atoms with Crippen LogP contribution in [0.3, 0.4) is 0 Å². The molecule has 0 unspecified atom stereocenters. The molecule has 0 fully saturated rings. The average Bonchev–Trinajstić information content (AvgIpc) is 3.13. The van der Waals surface area contributed by atoms with Gasteiger partial charge in [-0.15, -0.1) is 0 Å². The second-order valence-electron chi connectivity index (χ2n) is 9.76. The summed E-state index contributed by atoms with van der Waals surface area (Å²) in [5.41, 5.74) is 0.000866. The average molecular weight is 483 g/mol. The minimum Gasteiger partial charge on any atom is -0.455 e. The first-order chi connectivity index (χ1) is 15.8. The summed E-state index contributed by atoms with van der Waals surface area (Å²) in [5, 5.41) is 3.47. The molecule has 1 aromatic heterocycles. The van der Waals surface area contributed by atoms with E-state index in [4.69, 9.17) is 16.3 Å². The molecule has 34 heavy (non-hydrogen) atoms. The highest BCUT2D eigenvalue weighted by Gasteiger charge is 2.34. The molecule has 0 bridgehead atoms. The predicted molar refractivity (Wildman–Crippen MR) is 136 cm³/mol. The molecule has 3 rings (SSSR count). The van der Waals surface area contributed by atoms with E-state index in [0.29, 0.717) is 11.0 Å². The molecule has 0 aliphatic rings. The highest BCUT2D eigenvalue weighted by molar-refractivity contribution is 6.30. The molecular formula is C26H31ClN4O3. The lowest BCUT2D eigenvalue weighted by Crippen LogP contribution is -2.35. The zero-order valence-corrected chi connectivity index (χ0v) is 21.4. The van der Waals surface area contributed by atoms with Crippen LogP contribution < -0.4 is 10.2 Å². The van der Waals surface area contributed by atoms with Gasteiger partial charge >= 0.3 is 5.97 Å². The quantitative estimate of drug-likeness (QED) is 0.472. The molecule has 7 nitrogen and oxygen atoms in total. The van der Waals surface area contributed by atoms with Crippen LogP contribution in [0, 0.1) is 0 Å². The number of imidazole rings is 1. The van der Waals surface area contributed by atoms with E-state index in [1.54, 1.807) is 56.2 Å². The van der Waals surface area contributed by atoms with Gasteiger partial charge in [0.05, 0.1) is 5.41 Å². The number of anilines is 2. The molecule has 2 aromatic carbocycles. The highest BCUT2D eigenvalue weighted by atomic mass is 35.5. The van der Waals surface area contributed by atoms with Crippen LogP contribution in [-0.4, -0.2) is 41.1 Å². The molecule has 0 saturated carbocycles. The van der Waals surface area contributed by atoms with Crippen molar-refractivity contribution in [3.05, 3.63) is 70.9 Å². The van der Waals surface area contributed by atoms with Gasteiger partial charge in [-0.1, -0.05) is 41.9 Å². The first-order valence-corrected chi connectivity index (χ1v) is 11.4. The maximum absolute atomic E-state index is 13.4. The summed E-state index contributed by atoms with van der Waals surface area (Å²) in [5.74, 6) is -0.292. The Balaban J connectivity index is 2.13. The molecule has 0 radical (unpaired) electrons. The molecular weight excluding hydrogens is 452 g/mol. The largest absolute Gasteiger partial charge is 0.455 e. The molecule has 0 saturated heterocycles. The zero-order valence-electron chi connectivity index (χ0n) is 20.6. The number of nitrogens with one attached hydrogen (secondary N) is 1. The van der Waals surface area contributed by atoms with Gasteiger partial charge in [-0.2, -0.15) is 4.98 Å². The van der Waals surface area contributed by atoms with Crippen LogP contribution in [-0.2, 0) is 14.9 Å². The van der Waals surface area contributed by atoms with Crippen molar-refractivity contribution >= 4 is 35.2 Å². The van der Waals surface area contributed by atoms with Crippen molar-refractivity contribution in [3.8, 4) is 5.69 Å². The number of aromatic nitrogens is 2. The minimum absolute atomic E-state index is 0.133. The Morgan fingerprint density at radius 1 is 0.971 bits per heavy atom. The van der Waals surface area contributed by atoms with E-state index in [1.165, 1.54) is 0 Å². The number of carbonyl (C=O) groups excluding carboxylic acids is 2. The third-order valence-electron chi connectivity index (χ3n) is 5.23. The van der Waals surface area contributed by atoms with Crippen molar-refractivity contribution in [1.82, 2.24) is 9.55 Å². The molecule has 0 atom stereocenters. The topological polar surface area (TPSA) is 76.5 Å². The number of nitrogens with zero attached hydrogens (tertiary/aromatic N) is 3. The standard InChI is InChI=1S/C26H31ClN4O3/c1-25(2,3)34-22(32)20-21(28-23(33)26(4,5)17-13-15-18(27)16-14-17)29-24(30(6)7)31(20)19-11-9-8-10-12-19/h8-16H,1-7H3,(H,28,33). The predicted octanol–water partition coefficient (Wildman–Crippen LogP) is 5.46. The van der Waals surface area contributed by atoms with Crippen molar-refractivity contribution in [2.45, 2.75) is 45.6 Å². The molecule has 1 heterocycles. The maximum Gasteiger partial charge on any atom is 0.359 e. The van der Waals surface area contributed by atoms with Crippen LogP contribution in [0.1, 0.15) is 50.7 Å². The number of halogens is 1. The van der Waals surface area contributed by atoms with Gasteiger partial charge in [0.15, 0.2) is 11.5 Å². The lowest BCUT2D eigenvalue weighted by Gasteiger charge is -2.24.